The largest absolute Gasteiger partial charge is 0.383 e. The Morgan fingerprint density at radius 3 is 2.77 bits per heavy atom. The van der Waals surface area contributed by atoms with Crippen LogP contribution in [0.4, 0.5) is 0 Å². The summed E-state index contributed by atoms with van der Waals surface area (Å²) in [6.07, 6.45) is 3.31. The van der Waals surface area contributed by atoms with Gasteiger partial charge in [-0.2, -0.15) is 0 Å². The molecule has 1 amide bonds. The van der Waals surface area contributed by atoms with Gasteiger partial charge >= 0.3 is 0 Å². The van der Waals surface area contributed by atoms with Crippen molar-refractivity contribution in [3.05, 3.63) is 0 Å². The molecule has 1 unspecified atom stereocenters. The molecule has 0 saturated heterocycles. The number of methoxy groups -OCH3 is 1. The molecule has 0 aliphatic carbocycles. The smallest absolute Gasteiger partial charge is 0.239 e. The third kappa shape index (κ3) is 6.54. The summed E-state index contributed by atoms with van der Waals surface area (Å²) in [5.74, 6) is -0.127. The van der Waals surface area contributed by atoms with E-state index in [1.54, 1.807) is 0 Å². The van der Waals surface area contributed by atoms with E-state index in [1.807, 2.05) is 0 Å². The molecule has 0 heterocycles. The number of nitrogens with one attached hydrogen (secondary N) is 1. The molecule has 0 aromatic rings. The summed E-state index contributed by atoms with van der Waals surface area (Å²) in [6, 6.07) is -0.536. The van der Waals surface area contributed by atoms with Gasteiger partial charge in [0.25, 0.3) is 0 Å². The van der Waals surface area contributed by atoms with Crippen molar-refractivity contribution in [3.63, 3.8) is 0 Å². The number of hydrogen-bond donors (Lipinski definition) is 2. The Kier molecular flexibility index (Phi) is 7.63. The van der Waals surface area contributed by atoms with Crippen LogP contribution in [0.1, 0.15) is 26.2 Å². The van der Waals surface area contributed by atoms with Crippen molar-refractivity contribution in [2.75, 3.05) is 20.3 Å². The van der Waals surface area contributed by atoms with E-state index in [-0.39, 0.29) is 12.5 Å². The van der Waals surface area contributed by atoms with Crippen LogP contribution in [0.3, 0.4) is 0 Å². The lowest BCUT2D eigenvalue weighted by atomic mass is 10.2. The summed E-state index contributed by atoms with van der Waals surface area (Å²) in [4.78, 5) is 11.2. The van der Waals surface area contributed by atoms with Crippen LogP contribution in [0.2, 0.25) is 0 Å². The number of hydrogen-bond acceptors (Lipinski definition) is 3. The van der Waals surface area contributed by atoms with E-state index < -0.39 is 6.04 Å². The minimum Gasteiger partial charge on any atom is -0.383 e. The van der Waals surface area contributed by atoms with Crippen LogP contribution in [-0.4, -0.2) is 32.2 Å². The maximum absolute atomic E-state index is 11.2. The quantitative estimate of drug-likeness (QED) is 0.563. The second kappa shape index (κ2) is 8.01. The minimum absolute atomic E-state index is 0.127. The number of ether oxygens (including phenoxy) is 1. The molecule has 78 valence electrons. The van der Waals surface area contributed by atoms with Gasteiger partial charge < -0.3 is 15.8 Å². The normalized spacial score (nSPS) is 12.5. The first kappa shape index (κ1) is 12.4. The average molecular weight is 188 g/mol. The lowest BCUT2D eigenvalue weighted by Crippen LogP contribution is -2.43. The van der Waals surface area contributed by atoms with Gasteiger partial charge in [-0.15, -0.1) is 0 Å². The highest BCUT2D eigenvalue weighted by atomic mass is 16.5. The topological polar surface area (TPSA) is 64.4 Å². The lowest BCUT2D eigenvalue weighted by Gasteiger charge is -2.10. The van der Waals surface area contributed by atoms with Crippen molar-refractivity contribution >= 4 is 5.91 Å². The number of nitrogens with two attached hydrogens (primary N) is 1. The van der Waals surface area contributed by atoms with Gasteiger partial charge in [-0.25, -0.2) is 0 Å². The fourth-order valence-electron chi connectivity index (χ4n) is 0.973. The first-order valence-electron chi connectivity index (χ1n) is 4.74. The minimum atomic E-state index is -0.536. The van der Waals surface area contributed by atoms with Crippen LogP contribution in [0, 0.1) is 0 Å². The molecule has 0 aromatic carbocycles. The van der Waals surface area contributed by atoms with Crippen molar-refractivity contribution in [3.8, 4) is 0 Å². The zero-order valence-electron chi connectivity index (χ0n) is 8.51. The van der Waals surface area contributed by atoms with E-state index in [2.05, 4.69) is 12.2 Å². The molecule has 0 aliphatic heterocycles. The zero-order valence-corrected chi connectivity index (χ0v) is 8.51. The molecule has 3 N–H and O–H groups in total. The molecular formula is C9H20N2O2. The molecule has 0 saturated carbocycles. The van der Waals surface area contributed by atoms with Crippen LogP contribution in [0.25, 0.3) is 0 Å². The molecule has 13 heavy (non-hydrogen) atoms. The van der Waals surface area contributed by atoms with Crippen molar-refractivity contribution in [2.24, 2.45) is 5.73 Å². The monoisotopic (exact) mass is 188 g/mol. The number of carbonyl (C=O) groups is 1. The molecule has 1 atom stereocenters. The zero-order chi connectivity index (χ0) is 10.1. The Labute approximate surface area is 79.8 Å². The Hall–Kier alpha value is -0.610. The fourth-order valence-corrected chi connectivity index (χ4v) is 0.973. The molecule has 0 rings (SSSR count). The van der Waals surface area contributed by atoms with Crippen LogP contribution in [0.15, 0.2) is 0 Å². The van der Waals surface area contributed by atoms with E-state index in [0.29, 0.717) is 6.54 Å². The summed E-state index contributed by atoms with van der Waals surface area (Å²) in [5.41, 5.74) is 5.51. The molecule has 0 aromatic heterocycles. The summed E-state index contributed by atoms with van der Waals surface area (Å²) in [5, 5.41) is 2.76. The van der Waals surface area contributed by atoms with Crippen molar-refractivity contribution in [2.45, 2.75) is 32.2 Å². The predicted octanol–water partition coefficient (Wildman–Crippen LogP) is 0.267. The first-order chi connectivity index (χ1) is 6.22. The maximum Gasteiger partial charge on any atom is 0.239 e. The maximum atomic E-state index is 11.2. The van der Waals surface area contributed by atoms with Crippen LogP contribution in [-0.2, 0) is 9.53 Å². The van der Waals surface area contributed by atoms with Crippen molar-refractivity contribution < 1.29 is 9.53 Å². The van der Waals surface area contributed by atoms with Crippen LogP contribution >= 0.6 is 0 Å². The number of unbranched alkanes of at least 4 members (excludes halogenated alkanes) is 2. The molecule has 4 heteroatoms. The molecule has 0 aliphatic rings. The van der Waals surface area contributed by atoms with Gasteiger partial charge in [0.2, 0.25) is 5.91 Å². The summed E-state index contributed by atoms with van der Waals surface area (Å²) < 4.78 is 4.77. The van der Waals surface area contributed by atoms with Gasteiger partial charge in [0.15, 0.2) is 0 Å². The Morgan fingerprint density at radius 1 is 1.54 bits per heavy atom. The Morgan fingerprint density at radius 2 is 2.23 bits per heavy atom. The number of rotatable bonds is 7. The summed E-state index contributed by atoms with van der Waals surface area (Å²) in [6.45, 7) is 3.11. The SMILES string of the molecule is CCCCCNC(=O)C(N)COC. The number of amides is 1. The average Bonchev–Trinajstić information content (AvgIpc) is 2.12. The van der Waals surface area contributed by atoms with Gasteiger partial charge in [0, 0.05) is 13.7 Å². The molecular weight excluding hydrogens is 168 g/mol. The van der Waals surface area contributed by atoms with Gasteiger partial charge in [-0.3, -0.25) is 4.79 Å². The predicted molar refractivity (Wildman–Crippen MR) is 52.4 cm³/mol. The molecule has 0 bridgehead atoms. The first-order valence-corrected chi connectivity index (χ1v) is 4.74. The van der Waals surface area contributed by atoms with E-state index in [4.69, 9.17) is 10.5 Å². The number of carbonyl (C=O) groups excluding carboxylic acids is 1. The summed E-state index contributed by atoms with van der Waals surface area (Å²) in [7, 11) is 1.53. The van der Waals surface area contributed by atoms with E-state index in [9.17, 15) is 4.79 Å². The molecule has 0 radical (unpaired) electrons. The highest BCUT2D eigenvalue weighted by Gasteiger charge is 2.11. The second-order valence-electron chi connectivity index (χ2n) is 3.06. The van der Waals surface area contributed by atoms with Gasteiger partial charge in [0.1, 0.15) is 6.04 Å². The Bertz CT molecular complexity index is 140. The Balaban J connectivity index is 3.38. The third-order valence-electron chi connectivity index (χ3n) is 1.76. The van der Waals surface area contributed by atoms with Gasteiger partial charge in [0.05, 0.1) is 6.61 Å². The van der Waals surface area contributed by atoms with Gasteiger partial charge in [-0.05, 0) is 6.42 Å². The van der Waals surface area contributed by atoms with Crippen LogP contribution in [0.5, 0.6) is 0 Å². The van der Waals surface area contributed by atoms with Crippen LogP contribution < -0.4 is 11.1 Å². The van der Waals surface area contributed by atoms with E-state index >= 15 is 0 Å². The van der Waals surface area contributed by atoms with Crippen molar-refractivity contribution in [1.82, 2.24) is 5.32 Å². The molecule has 4 nitrogen and oxygen atoms in total. The van der Waals surface area contributed by atoms with E-state index in [1.165, 1.54) is 7.11 Å². The fraction of sp³-hybridized carbons (Fsp3) is 0.889. The molecule has 0 fully saturated rings. The standard InChI is InChI=1S/C9H20N2O2/c1-3-4-5-6-11-9(12)8(10)7-13-2/h8H,3-7,10H2,1-2H3,(H,11,12). The lowest BCUT2D eigenvalue weighted by molar-refractivity contribution is -0.123. The highest BCUT2D eigenvalue weighted by molar-refractivity contribution is 5.81. The van der Waals surface area contributed by atoms with Gasteiger partial charge in [-0.1, -0.05) is 19.8 Å². The highest BCUT2D eigenvalue weighted by Crippen LogP contribution is 1.91. The summed E-state index contributed by atoms with van der Waals surface area (Å²) >= 11 is 0. The third-order valence-corrected chi connectivity index (χ3v) is 1.76. The second-order valence-corrected chi connectivity index (χ2v) is 3.06. The molecule has 0 spiro atoms. The van der Waals surface area contributed by atoms with Crippen molar-refractivity contribution in [1.29, 1.82) is 0 Å². The van der Waals surface area contributed by atoms with E-state index in [0.717, 1.165) is 19.3 Å².